The standard InChI is InChI=1S/C16H16ClNO2S/c17-13-8-6-12(7-9-13)15(19)10-18-16(20)11-21-14-4-2-1-3-5-14/h1-9,15,19H,10-11H2,(H,18,20). The van der Waals surface area contributed by atoms with Gasteiger partial charge < -0.3 is 10.4 Å². The maximum atomic E-state index is 11.7. The highest BCUT2D eigenvalue weighted by Gasteiger charge is 2.09. The molecule has 21 heavy (non-hydrogen) atoms. The molecule has 110 valence electrons. The Labute approximate surface area is 133 Å². The molecule has 1 atom stereocenters. The third-order valence-corrected chi connectivity index (χ3v) is 4.12. The van der Waals surface area contributed by atoms with Crippen LogP contribution in [0.2, 0.25) is 5.02 Å². The van der Waals surface area contributed by atoms with Gasteiger partial charge in [0, 0.05) is 16.5 Å². The molecule has 0 fully saturated rings. The minimum atomic E-state index is -0.729. The van der Waals surface area contributed by atoms with Crippen LogP contribution >= 0.6 is 23.4 Å². The summed E-state index contributed by atoms with van der Waals surface area (Å²) in [6.45, 7) is 0.190. The lowest BCUT2D eigenvalue weighted by Crippen LogP contribution is -2.29. The Morgan fingerprint density at radius 3 is 2.48 bits per heavy atom. The number of halogens is 1. The van der Waals surface area contributed by atoms with Crippen molar-refractivity contribution in [1.82, 2.24) is 5.32 Å². The van der Waals surface area contributed by atoms with Crippen molar-refractivity contribution in [1.29, 1.82) is 0 Å². The second-order valence-electron chi connectivity index (χ2n) is 4.47. The Balaban J connectivity index is 1.74. The van der Waals surface area contributed by atoms with Crippen molar-refractivity contribution in [3.05, 3.63) is 65.2 Å². The predicted molar refractivity (Wildman–Crippen MR) is 86.6 cm³/mol. The molecule has 0 aliphatic rings. The molecule has 5 heteroatoms. The van der Waals surface area contributed by atoms with Crippen molar-refractivity contribution in [3.63, 3.8) is 0 Å². The second-order valence-corrected chi connectivity index (χ2v) is 5.96. The van der Waals surface area contributed by atoms with Gasteiger partial charge in [0.05, 0.1) is 11.9 Å². The summed E-state index contributed by atoms with van der Waals surface area (Å²) in [5.41, 5.74) is 0.732. The summed E-state index contributed by atoms with van der Waals surface area (Å²) in [7, 11) is 0. The molecule has 0 saturated heterocycles. The Bertz CT molecular complexity index is 575. The van der Waals surface area contributed by atoms with Gasteiger partial charge in [0.2, 0.25) is 5.91 Å². The second kappa shape index (κ2) is 8.08. The summed E-state index contributed by atoms with van der Waals surface area (Å²) in [6, 6.07) is 16.7. The molecule has 0 heterocycles. The molecule has 0 aliphatic heterocycles. The van der Waals surface area contributed by atoms with E-state index in [0.29, 0.717) is 10.8 Å². The van der Waals surface area contributed by atoms with Gasteiger partial charge in [0.25, 0.3) is 0 Å². The third kappa shape index (κ3) is 5.42. The molecule has 2 rings (SSSR count). The van der Waals surface area contributed by atoms with E-state index in [1.165, 1.54) is 11.8 Å². The van der Waals surface area contributed by atoms with Gasteiger partial charge in [-0.15, -0.1) is 11.8 Å². The lowest BCUT2D eigenvalue weighted by molar-refractivity contribution is -0.119. The van der Waals surface area contributed by atoms with Gasteiger partial charge in [-0.2, -0.15) is 0 Å². The predicted octanol–water partition coefficient (Wildman–Crippen LogP) is 3.28. The number of carbonyl (C=O) groups is 1. The van der Waals surface area contributed by atoms with Crippen LogP contribution in [0.5, 0.6) is 0 Å². The largest absolute Gasteiger partial charge is 0.387 e. The molecule has 0 bridgehead atoms. The van der Waals surface area contributed by atoms with Crippen LogP contribution in [0.3, 0.4) is 0 Å². The Kier molecular flexibility index (Phi) is 6.11. The molecule has 0 saturated carbocycles. The molecule has 2 aromatic carbocycles. The first kappa shape index (κ1) is 15.9. The summed E-state index contributed by atoms with van der Waals surface area (Å²) in [6.07, 6.45) is -0.729. The van der Waals surface area contributed by atoms with E-state index in [1.807, 2.05) is 30.3 Å². The molecule has 0 spiro atoms. The zero-order chi connectivity index (χ0) is 15.1. The summed E-state index contributed by atoms with van der Waals surface area (Å²) in [4.78, 5) is 12.8. The van der Waals surface area contributed by atoms with E-state index >= 15 is 0 Å². The fraction of sp³-hybridized carbons (Fsp3) is 0.188. The van der Waals surface area contributed by atoms with Crippen molar-refractivity contribution < 1.29 is 9.90 Å². The smallest absolute Gasteiger partial charge is 0.230 e. The number of aliphatic hydroxyl groups excluding tert-OH is 1. The normalized spacial score (nSPS) is 11.9. The Morgan fingerprint density at radius 2 is 1.81 bits per heavy atom. The van der Waals surface area contributed by atoms with Crippen LogP contribution in [-0.2, 0) is 4.79 Å². The summed E-state index contributed by atoms with van der Waals surface area (Å²) in [5, 5.41) is 13.3. The van der Waals surface area contributed by atoms with Gasteiger partial charge in [-0.3, -0.25) is 4.79 Å². The lowest BCUT2D eigenvalue weighted by atomic mass is 10.1. The number of hydrogen-bond acceptors (Lipinski definition) is 3. The summed E-state index contributed by atoms with van der Waals surface area (Å²) < 4.78 is 0. The lowest BCUT2D eigenvalue weighted by Gasteiger charge is -2.12. The number of nitrogens with one attached hydrogen (secondary N) is 1. The topological polar surface area (TPSA) is 49.3 Å². The van der Waals surface area contributed by atoms with Crippen LogP contribution in [0, 0.1) is 0 Å². The molecule has 1 unspecified atom stereocenters. The molecule has 0 aromatic heterocycles. The van der Waals surface area contributed by atoms with Crippen LogP contribution < -0.4 is 5.32 Å². The van der Waals surface area contributed by atoms with Crippen LogP contribution in [0.4, 0.5) is 0 Å². The Morgan fingerprint density at radius 1 is 1.14 bits per heavy atom. The molecule has 0 aliphatic carbocycles. The van der Waals surface area contributed by atoms with Gasteiger partial charge in [-0.05, 0) is 29.8 Å². The van der Waals surface area contributed by atoms with Gasteiger partial charge in [0.1, 0.15) is 0 Å². The molecule has 0 radical (unpaired) electrons. The van der Waals surface area contributed by atoms with Gasteiger partial charge in [-0.25, -0.2) is 0 Å². The number of rotatable bonds is 6. The van der Waals surface area contributed by atoms with E-state index in [-0.39, 0.29) is 12.5 Å². The van der Waals surface area contributed by atoms with Crippen LogP contribution in [-0.4, -0.2) is 23.3 Å². The van der Waals surface area contributed by atoms with E-state index in [1.54, 1.807) is 24.3 Å². The monoisotopic (exact) mass is 321 g/mol. The third-order valence-electron chi connectivity index (χ3n) is 2.86. The quantitative estimate of drug-likeness (QED) is 0.803. The molecule has 3 nitrogen and oxygen atoms in total. The molecule has 2 N–H and O–H groups in total. The van der Waals surface area contributed by atoms with Crippen molar-refractivity contribution in [2.75, 3.05) is 12.3 Å². The fourth-order valence-corrected chi connectivity index (χ4v) is 2.61. The summed E-state index contributed by atoms with van der Waals surface area (Å²) >= 11 is 7.26. The van der Waals surface area contributed by atoms with Gasteiger partial charge in [-0.1, -0.05) is 41.9 Å². The highest BCUT2D eigenvalue weighted by Crippen LogP contribution is 2.17. The zero-order valence-electron chi connectivity index (χ0n) is 11.3. The maximum Gasteiger partial charge on any atom is 0.230 e. The van der Waals surface area contributed by atoms with Crippen molar-refractivity contribution in [3.8, 4) is 0 Å². The maximum absolute atomic E-state index is 11.7. The molecular weight excluding hydrogens is 306 g/mol. The zero-order valence-corrected chi connectivity index (χ0v) is 12.9. The number of hydrogen-bond donors (Lipinski definition) is 2. The Hall–Kier alpha value is -1.49. The van der Waals surface area contributed by atoms with Crippen molar-refractivity contribution in [2.45, 2.75) is 11.0 Å². The van der Waals surface area contributed by atoms with Crippen LogP contribution in [0.15, 0.2) is 59.5 Å². The fourth-order valence-electron chi connectivity index (χ4n) is 1.73. The van der Waals surface area contributed by atoms with Crippen molar-refractivity contribution >= 4 is 29.3 Å². The van der Waals surface area contributed by atoms with Gasteiger partial charge in [0.15, 0.2) is 0 Å². The average Bonchev–Trinajstić information content (AvgIpc) is 2.52. The number of thioether (sulfide) groups is 1. The van der Waals surface area contributed by atoms with Crippen LogP contribution in [0.25, 0.3) is 0 Å². The highest BCUT2D eigenvalue weighted by molar-refractivity contribution is 8.00. The minimum Gasteiger partial charge on any atom is -0.387 e. The number of carbonyl (C=O) groups excluding carboxylic acids is 1. The first-order valence-electron chi connectivity index (χ1n) is 6.53. The molecule has 1 amide bonds. The van der Waals surface area contributed by atoms with E-state index in [0.717, 1.165) is 10.5 Å². The first-order chi connectivity index (χ1) is 10.1. The minimum absolute atomic E-state index is 0.100. The number of aliphatic hydroxyl groups is 1. The number of benzene rings is 2. The van der Waals surface area contributed by atoms with E-state index in [4.69, 9.17) is 11.6 Å². The first-order valence-corrected chi connectivity index (χ1v) is 7.89. The van der Waals surface area contributed by atoms with Gasteiger partial charge >= 0.3 is 0 Å². The summed E-state index contributed by atoms with van der Waals surface area (Å²) in [5.74, 6) is 0.231. The van der Waals surface area contributed by atoms with Crippen LogP contribution in [0.1, 0.15) is 11.7 Å². The van der Waals surface area contributed by atoms with Crippen molar-refractivity contribution in [2.24, 2.45) is 0 Å². The van der Waals surface area contributed by atoms with E-state index < -0.39 is 6.10 Å². The van der Waals surface area contributed by atoms with E-state index in [9.17, 15) is 9.90 Å². The average molecular weight is 322 g/mol. The highest BCUT2D eigenvalue weighted by atomic mass is 35.5. The molecule has 2 aromatic rings. The van der Waals surface area contributed by atoms with E-state index in [2.05, 4.69) is 5.32 Å². The SMILES string of the molecule is O=C(CSc1ccccc1)NCC(O)c1ccc(Cl)cc1. The molecular formula is C16H16ClNO2S. The number of amides is 1.